The van der Waals surface area contributed by atoms with E-state index in [1.807, 2.05) is 72.8 Å². The van der Waals surface area contributed by atoms with Gasteiger partial charge in [0.25, 0.3) is 0 Å². The van der Waals surface area contributed by atoms with E-state index >= 15 is 0 Å². The molecule has 4 aromatic carbocycles. The van der Waals surface area contributed by atoms with Crippen LogP contribution >= 0.6 is 7.82 Å². The summed E-state index contributed by atoms with van der Waals surface area (Å²) in [7, 11) is -4.56. The predicted octanol–water partition coefficient (Wildman–Crippen LogP) is 3.22. The molecule has 0 saturated carbocycles. The number of fused-ring (bicyclic) bond motifs is 1. The van der Waals surface area contributed by atoms with Gasteiger partial charge in [0.2, 0.25) is 0 Å². The van der Waals surface area contributed by atoms with Crippen molar-refractivity contribution in [2.24, 2.45) is 11.5 Å². The van der Waals surface area contributed by atoms with E-state index in [1.54, 1.807) is 0 Å². The lowest BCUT2D eigenvalue weighted by molar-refractivity contribution is -0.139. The van der Waals surface area contributed by atoms with Gasteiger partial charge in [-0.25, -0.2) is 4.57 Å². The van der Waals surface area contributed by atoms with Crippen LogP contribution in [0, 0.1) is 0 Å². The summed E-state index contributed by atoms with van der Waals surface area (Å²) in [6, 6.07) is 26.8. The Morgan fingerprint density at radius 3 is 1.60 bits per heavy atom. The summed E-state index contributed by atoms with van der Waals surface area (Å²) in [6.45, 7) is 0. The van der Waals surface area contributed by atoms with Crippen molar-refractivity contribution in [1.29, 1.82) is 0 Å². The third kappa shape index (κ3) is 13.8. The lowest BCUT2D eigenvalue weighted by Gasteiger charge is -2.09. The monoisotopic (exact) mass is 612 g/mol. The van der Waals surface area contributed by atoms with Gasteiger partial charge in [-0.1, -0.05) is 84.9 Å². The maximum absolute atomic E-state index is 10.5. The Kier molecular flexibility index (Phi) is 13.5. The fraction of sp³-hybridized carbons (Fsp3) is 0.167. The first kappa shape index (κ1) is 34.6. The van der Waals surface area contributed by atoms with Crippen LogP contribution in [0.3, 0.4) is 0 Å². The molecule has 2 unspecified atom stereocenters. The fourth-order valence-corrected chi connectivity index (χ4v) is 4.04. The Bertz CT molecular complexity index is 1540. The van der Waals surface area contributed by atoms with E-state index in [9.17, 15) is 18.9 Å². The molecular formula is C30H33N2O10P. The number of carboxylic acid groups (broad SMARTS) is 3. The van der Waals surface area contributed by atoms with Crippen LogP contribution in [-0.4, -0.2) is 55.1 Å². The quantitative estimate of drug-likeness (QED) is 0.128. The first-order chi connectivity index (χ1) is 20.2. The third-order valence-corrected chi connectivity index (χ3v) is 6.15. The Morgan fingerprint density at radius 2 is 1.12 bits per heavy atom. The smallest absolute Gasteiger partial charge is 0.481 e. The van der Waals surface area contributed by atoms with Crippen molar-refractivity contribution < 1.29 is 48.6 Å². The highest BCUT2D eigenvalue weighted by Crippen LogP contribution is 2.37. The van der Waals surface area contributed by atoms with E-state index in [1.165, 1.54) is 24.3 Å². The molecule has 0 fully saturated rings. The fourth-order valence-electron chi connectivity index (χ4n) is 3.64. The van der Waals surface area contributed by atoms with Gasteiger partial charge in [0, 0.05) is 0 Å². The Morgan fingerprint density at radius 1 is 0.651 bits per heavy atom. The van der Waals surface area contributed by atoms with E-state index in [0.717, 1.165) is 21.9 Å². The van der Waals surface area contributed by atoms with Crippen molar-refractivity contribution in [3.63, 3.8) is 0 Å². The summed E-state index contributed by atoms with van der Waals surface area (Å²) >= 11 is 0. The molecule has 0 aromatic heterocycles. The van der Waals surface area contributed by atoms with Crippen LogP contribution in [0.25, 0.3) is 10.8 Å². The van der Waals surface area contributed by atoms with Crippen molar-refractivity contribution in [3.05, 3.63) is 114 Å². The Hall–Kier alpha value is -4.58. The van der Waals surface area contributed by atoms with Gasteiger partial charge in [0.15, 0.2) is 0 Å². The summed E-state index contributed by atoms with van der Waals surface area (Å²) < 4.78 is 14.9. The second-order valence-corrected chi connectivity index (χ2v) is 10.4. The highest BCUT2D eigenvalue weighted by molar-refractivity contribution is 7.46. The zero-order chi connectivity index (χ0) is 32.0. The molecule has 4 rings (SSSR count). The molecule has 0 bridgehead atoms. The molecule has 228 valence electrons. The van der Waals surface area contributed by atoms with Crippen LogP contribution in [-0.2, 0) is 38.2 Å². The number of hydrogen-bond acceptors (Lipinski definition) is 7. The van der Waals surface area contributed by atoms with Gasteiger partial charge < -0.3 is 31.3 Å². The van der Waals surface area contributed by atoms with Crippen LogP contribution in [0.1, 0.15) is 16.7 Å². The minimum atomic E-state index is -4.56. The van der Waals surface area contributed by atoms with Crippen molar-refractivity contribution in [1.82, 2.24) is 0 Å². The molecule has 2 atom stereocenters. The van der Waals surface area contributed by atoms with Crippen molar-refractivity contribution in [2.75, 3.05) is 0 Å². The van der Waals surface area contributed by atoms with Gasteiger partial charge in [-0.05, 0) is 52.4 Å². The SMILES string of the molecule is NC(Cc1ccc(OP(=O)(O)O)cc1)C(=O)O.NC(Cc1ccccc1)C(=O)O.O=C(O)Cc1ccc2ccccc2c1. The number of phosphoric ester groups is 1. The standard InChI is InChI=1S/C12H10O2.C9H12NO6P.C9H11NO2/c13-12(14)8-9-5-6-10-3-1-2-4-11(10)7-9;10-8(9(11)12)5-6-1-3-7(4-2-6)16-17(13,14)15;10-8(9(11)12)6-7-4-2-1-3-5-7/h1-7H,8H2,(H,13,14);1-4,8H,5,10H2,(H,11,12)(H2,13,14,15);1-5,8H,6,10H2,(H,11,12). The Balaban J connectivity index is 0.000000229. The van der Waals surface area contributed by atoms with Gasteiger partial charge in [-0.3, -0.25) is 24.2 Å². The van der Waals surface area contributed by atoms with E-state index in [4.69, 9.17) is 36.6 Å². The predicted molar refractivity (Wildman–Crippen MR) is 159 cm³/mol. The van der Waals surface area contributed by atoms with Gasteiger partial charge >= 0.3 is 25.7 Å². The molecular weight excluding hydrogens is 579 g/mol. The van der Waals surface area contributed by atoms with E-state index in [2.05, 4.69) is 4.52 Å². The highest BCUT2D eigenvalue weighted by atomic mass is 31.2. The van der Waals surface area contributed by atoms with Gasteiger partial charge in [-0.15, -0.1) is 0 Å². The summed E-state index contributed by atoms with van der Waals surface area (Å²) in [5.74, 6) is -2.86. The molecule has 4 aromatic rings. The lowest BCUT2D eigenvalue weighted by Crippen LogP contribution is -2.32. The minimum Gasteiger partial charge on any atom is -0.481 e. The number of rotatable bonds is 10. The minimum absolute atomic E-state index is 0.00554. The van der Waals surface area contributed by atoms with Gasteiger partial charge in [0.05, 0.1) is 6.42 Å². The van der Waals surface area contributed by atoms with Crippen LogP contribution in [0.5, 0.6) is 5.75 Å². The normalized spacial score (nSPS) is 12.0. The summed E-state index contributed by atoms with van der Waals surface area (Å²) in [4.78, 5) is 48.5. The molecule has 0 aliphatic rings. The van der Waals surface area contributed by atoms with Crippen molar-refractivity contribution in [2.45, 2.75) is 31.3 Å². The number of phosphoric acid groups is 1. The number of hydrogen-bond donors (Lipinski definition) is 7. The molecule has 0 aliphatic carbocycles. The van der Waals surface area contributed by atoms with E-state index < -0.39 is 37.8 Å². The second kappa shape index (κ2) is 16.8. The first-order valence-electron chi connectivity index (χ1n) is 12.8. The average molecular weight is 613 g/mol. The summed E-state index contributed by atoms with van der Waals surface area (Å²) in [6.07, 6.45) is 0.604. The molecule has 13 heteroatoms. The zero-order valence-electron chi connectivity index (χ0n) is 22.9. The van der Waals surface area contributed by atoms with Crippen LogP contribution in [0.2, 0.25) is 0 Å². The largest absolute Gasteiger partial charge is 0.524 e. The molecule has 0 amide bonds. The van der Waals surface area contributed by atoms with Gasteiger partial charge in [0.1, 0.15) is 17.8 Å². The van der Waals surface area contributed by atoms with Crippen LogP contribution in [0.4, 0.5) is 0 Å². The summed E-state index contributed by atoms with van der Waals surface area (Å²) in [5.41, 5.74) is 13.1. The van der Waals surface area contributed by atoms with Crippen molar-refractivity contribution >= 4 is 36.5 Å². The highest BCUT2D eigenvalue weighted by Gasteiger charge is 2.16. The molecule has 12 nitrogen and oxygen atoms in total. The second-order valence-electron chi connectivity index (χ2n) is 9.26. The number of nitrogens with two attached hydrogens (primary N) is 2. The van der Waals surface area contributed by atoms with Crippen LogP contribution < -0.4 is 16.0 Å². The summed E-state index contributed by atoms with van der Waals surface area (Å²) in [5, 5.41) is 28.0. The van der Waals surface area contributed by atoms with E-state index in [0.29, 0.717) is 12.0 Å². The number of carboxylic acids is 3. The van der Waals surface area contributed by atoms with Gasteiger partial charge in [-0.2, -0.15) is 0 Å². The molecule has 0 aliphatic heterocycles. The average Bonchev–Trinajstić information content (AvgIpc) is 2.94. The molecule has 9 N–H and O–H groups in total. The molecule has 0 radical (unpaired) electrons. The molecule has 0 spiro atoms. The molecule has 0 heterocycles. The number of benzene rings is 4. The lowest BCUT2D eigenvalue weighted by atomic mass is 10.1. The Labute approximate surface area is 247 Å². The van der Waals surface area contributed by atoms with Crippen molar-refractivity contribution in [3.8, 4) is 5.75 Å². The molecule has 43 heavy (non-hydrogen) atoms. The third-order valence-electron chi connectivity index (χ3n) is 5.71. The zero-order valence-corrected chi connectivity index (χ0v) is 23.8. The molecule has 0 saturated heterocycles. The topological polar surface area (TPSA) is 231 Å². The van der Waals surface area contributed by atoms with E-state index in [-0.39, 0.29) is 18.6 Å². The van der Waals surface area contributed by atoms with Crippen LogP contribution in [0.15, 0.2) is 97.1 Å². The number of aliphatic carboxylic acids is 3. The number of carbonyl (C=O) groups is 3. The first-order valence-corrected chi connectivity index (χ1v) is 14.3. The maximum atomic E-state index is 10.5. The maximum Gasteiger partial charge on any atom is 0.524 e.